The maximum absolute atomic E-state index is 6.11. The van der Waals surface area contributed by atoms with E-state index in [4.69, 9.17) is 11.6 Å². The van der Waals surface area contributed by atoms with Gasteiger partial charge in [-0.05, 0) is 50.8 Å². The van der Waals surface area contributed by atoms with Crippen LogP contribution in [0, 0.1) is 6.92 Å². The molecule has 0 saturated heterocycles. The average Bonchev–Trinajstić information content (AvgIpc) is 3.35. The molecule has 0 radical (unpaired) electrons. The molecule has 0 bridgehead atoms. The van der Waals surface area contributed by atoms with E-state index < -0.39 is 0 Å². The number of aryl methyl sites for hydroxylation is 1. The standard InChI is InChI=1S/C18H23ClN4/c1-4-12(3)20-18-22-16(13-6-7-13)10-17(23-18)21-15-9-14(19)8-5-11(15)2/h5,8-10,12-13H,4,6-7H2,1-3H3,(H2,20,21,22,23)/t12-/m0/s1. The Morgan fingerprint density at radius 2 is 2.04 bits per heavy atom. The van der Waals surface area contributed by atoms with Crippen LogP contribution in [-0.4, -0.2) is 16.0 Å². The van der Waals surface area contributed by atoms with Crippen LogP contribution in [0.1, 0.15) is 50.3 Å². The summed E-state index contributed by atoms with van der Waals surface area (Å²) >= 11 is 6.11. The van der Waals surface area contributed by atoms with Crippen LogP contribution in [0.3, 0.4) is 0 Å². The van der Waals surface area contributed by atoms with E-state index in [0.717, 1.165) is 29.2 Å². The van der Waals surface area contributed by atoms with E-state index in [1.54, 1.807) is 0 Å². The summed E-state index contributed by atoms with van der Waals surface area (Å²) in [5, 5.41) is 7.49. The summed E-state index contributed by atoms with van der Waals surface area (Å²) in [6, 6.07) is 8.24. The first-order valence-electron chi connectivity index (χ1n) is 8.24. The molecule has 23 heavy (non-hydrogen) atoms. The second-order valence-electron chi connectivity index (χ2n) is 6.31. The maximum Gasteiger partial charge on any atom is 0.225 e. The Kier molecular flexibility index (Phi) is 4.71. The summed E-state index contributed by atoms with van der Waals surface area (Å²) in [5.41, 5.74) is 3.23. The van der Waals surface area contributed by atoms with E-state index >= 15 is 0 Å². The van der Waals surface area contributed by atoms with Crippen molar-refractivity contribution in [1.82, 2.24) is 9.97 Å². The molecule has 4 nitrogen and oxygen atoms in total. The Morgan fingerprint density at radius 1 is 1.26 bits per heavy atom. The summed E-state index contributed by atoms with van der Waals surface area (Å²) in [6.45, 7) is 6.35. The van der Waals surface area contributed by atoms with Crippen LogP contribution in [0.5, 0.6) is 0 Å². The minimum atomic E-state index is 0.352. The van der Waals surface area contributed by atoms with Gasteiger partial charge in [-0.15, -0.1) is 0 Å². The van der Waals surface area contributed by atoms with Crippen molar-refractivity contribution in [1.29, 1.82) is 0 Å². The summed E-state index contributed by atoms with van der Waals surface area (Å²) in [4.78, 5) is 9.30. The van der Waals surface area contributed by atoms with Crippen LogP contribution in [0.15, 0.2) is 24.3 Å². The summed E-state index contributed by atoms with van der Waals surface area (Å²) in [7, 11) is 0. The first-order valence-corrected chi connectivity index (χ1v) is 8.61. The molecule has 0 amide bonds. The van der Waals surface area contributed by atoms with E-state index in [9.17, 15) is 0 Å². The predicted molar refractivity (Wildman–Crippen MR) is 96.9 cm³/mol. The normalized spacial score (nSPS) is 15.3. The molecule has 0 unspecified atom stereocenters. The Hall–Kier alpha value is -1.81. The third-order valence-electron chi connectivity index (χ3n) is 4.19. The number of rotatable bonds is 6. The molecule has 1 fully saturated rings. The Labute approximate surface area is 142 Å². The number of halogens is 1. The molecular weight excluding hydrogens is 308 g/mol. The van der Waals surface area contributed by atoms with Crippen molar-refractivity contribution in [2.75, 3.05) is 10.6 Å². The lowest BCUT2D eigenvalue weighted by Crippen LogP contribution is -2.16. The molecule has 2 aromatic rings. The highest BCUT2D eigenvalue weighted by molar-refractivity contribution is 6.30. The van der Waals surface area contributed by atoms with Crippen molar-refractivity contribution in [2.45, 2.75) is 52.0 Å². The first kappa shape index (κ1) is 16.1. The second-order valence-corrected chi connectivity index (χ2v) is 6.75. The third kappa shape index (κ3) is 4.14. The van der Waals surface area contributed by atoms with Crippen molar-refractivity contribution in [2.24, 2.45) is 0 Å². The van der Waals surface area contributed by atoms with Crippen LogP contribution in [0.25, 0.3) is 0 Å². The molecule has 1 aromatic carbocycles. The molecule has 1 aromatic heterocycles. The minimum absolute atomic E-state index is 0.352. The highest BCUT2D eigenvalue weighted by Crippen LogP contribution is 2.40. The number of anilines is 3. The third-order valence-corrected chi connectivity index (χ3v) is 4.43. The van der Waals surface area contributed by atoms with E-state index in [1.165, 1.54) is 12.8 Å². The Balaban J connectivity index is 1.89. The first-order chi connectivity index (χ1) is 11.0. The number of nitrogens with zero attached hydrogens (tertiary/aromatic N) is 2. The van der Waals surface area contributed by atoms with Gasteiger partial charge in [0.05, 0.1) is 5.69 Å². The fourth-order valence-corrected chi connectivity index (χ4v) is 2.54. The SMILES string of the molecule is CC[C@H](C)Nc1nc(Nc2cc(Cl)ccc2C)cc(C2CC2)n1. The van der Waals surface area contributed by atoms with Crippen LogP contribution in [0.4, 0.5) is 17.5 Å². The van der Waals surface area contributed by atoms with Gasteiger partial charge < -0.3 is 10.6 Å². The van der Waals surface area contributed by atoms with Crippen molar-refractivity contribution >= 4 is 29.1 Å². The summed E-state index contributed by atoms with van der Waals surface area (Å²) in [5.74, 6) is 2.10. The van der Waals surface area contributed by atoms with Crippen molar-refractivity contribution in [3.05, 3.63) is 40.5 Å². The van der Waals surface area contributed by atoms with Gasteiger partial charge in [0.2, 0.25) is 5.95 Å². The highest BCUT2D eigenvalue weighted by Gasteiger charge is 2.26. The molecule has 5 heteroatoms. The number of hydrogen-bond acceptors (Lipinski definition) is 4. The largest absolute Gasteiger partial charge is 0.352 e. The van der Waals surface area contributed by atoms with E-state index in [-0.39, 0.29) is 0 Å². The second kappa shape index (κ2) is 6.75. The fraction of sp³-hybridized carbons (Fsp3) is 0.444. The molecule has 1 aliphatic carbocycles. The molecule has 0 spiro atoms. The topological polar surface area (TPSA) is 49.8 Å². The van der Waals surface area contributed by atoms with E-state index in [2.05, 4.69) is 47.4 Å². The van der Waals surface area contributed by atoms with Gasteiger partial charge in [-0.25, -0.2) is 4.98 Å². The molecular formula is C18H23ClN4. The van der Waals surface area contributed by atoms with Gasteiger partial charge in [0.1, 0.15) is 5.82 Å². The summed E-state index contributed by atoms with van der Waals surface area (Å²) in [6.07, 6.45) is 3.47. The molecule has 1 atom stereocenters. The van der Waals surface area contributed by atoms with Crippen LogP contribution in [-0.2, 0) is 0 Å². The van der Waals surface area contributed by atoms with Gasteiger partial charge in [-0.3, -0.25) is 0 Å². The van der Waals surface area contributed by atoms with Crippen LogP contribution < -0.4 is 10.6 Å². The fourth-order valence-electron chi connectivity index (χ4n) is 2.37. The number of aromatic nitrogens is 2. The Morgan fingerprint density at radius 3 is 2.74 bits per heavy atom. The minimum Gasteiger partial charge on any atom is -0.352 e. The quantitative estimate of drug-likeness (QED) is 0.757. The van der Waals surface area contributed by atoms with Gasteiger partial charge in [-0.2, -0.15) is 4.98 Å². The molecule has 3 rings (SSSR count). The predicted octanol–water partition coefficient (Wildman–Crippen LogP) is 5.27. The molecule has 2 N–H and O–H groups in total. The van der Waals surface area contributed by atoms with Gasteiger partial charge >= 0.3 is 0 Å². The summed E-state index contributed by atoms with van der Waals surface area (Å²) < 4.78 is 0. The average molecular weight is 331 g/mol. The lowest BCUT2D eigenvalue weighted by Gasteiger charge is -2.15. The van der Waals surface area contributed by atoms with Crippen molar-refractivity contribution in [3.8, 4) is 0 Å². The monoisotopic (exact) mass is 330 g/mol. The molecule has 1 heterocycles. The molecule has 1 aliphatic rings. The lowest BCUT2D eigenvalue weighted by molar-refractivity contribution is 0.750. The number of nitrogens with one attached hydrogen (secondary N) is 2. The zero-order valence-corrected chi connectivity index (χ0v) is 14.6. The highest BCUT2D eigenvalue weighted by atomic mass is 35.5. The molecule has 122 valence electrons. The Bertz CT molecular complexity index is 697. The van der Waals surface area contributed by atoms with E-state index in [1.807, 2.05) is 18.2 Å². The van der Waals surface area contributed by atoms with Crippen LogP contribution in [0.2, 0.25) is 5.02 Å². The molecule has 1 saturated carbocycles. The van der Waals surface area contributed by atoms with Crippen molar-refractivity contribution in [3.63, 3.8) is 0 Å². The lowest BCUT2D eigenvalue weighted by atomic mass is 10.2. The van der Waals surface area contributed by atoms with Crippen molar-refractivity contribution < 1.29 is 0 Å². The molecule has 0 aliphatic heterocycles. The van der Waals surface area contributed by atoms with Gasteiger partial charge in [0, 0.05) is 28.7 Å². The van der Waals surface area contributed by atoms with Gasteiger partial charge in [0.25, 0.3) is 0 Å². The van der Waals surface area contributed by atoms with Gasteiger partial charge in [0.15, 0.2) is 0 Å². The number of benzene rings is 1. The maximum atomic E-state index is 6.11. The van der Waals surface area contributed by atoms with E-state index in [0.29, 0.717) is 22.9 Å². The zero-order chi connectivity index (χ0) is 16.4. The number of hydrogen-bond donors (Lipinski definition) is 2. The smallest absolute Gasteiger partial charge is 0.225 e. The van der Waals surface area contributed by atoms with Gasteiger partial charge in [-0.1, -0.05) is 24.6 Å². The van der Waals surface area contributed by atoms with Crippen LogP contribution >= 0.6 is 11.6 Å². The zero-order valence-electron chi connectivity index (χ0n) is 13.9.